The van der Waals surface area contributed by atoms with E-state index in [-0.39, 0.29) is 0 Å². The zero-order valence-corrected chi connectivity index (χ0v) is 12.2. The van der Waals surface area contributed by atoms with Crippen LogP contribution in [0.25, 0.3) is 0 Å². The summed E-state index contributed by atoms with van der Waals surface area (Å²) in [5.74, 6) is 0.910. The first-order chi connectivity index (χ1) is 9.26. The third kappa shape index (κ3) is 7.19. The van der Waals surface area contributed by atoms with Gasteiger partial charge in [0.2, 0.25) is 0 Å². The molecule has 0 saturated heterocycles. The molecule has 1 aromatic rings. The number of unbranched alkanes of at least 4 members (excludes halogenated alkanes) is 3. The molecule has 0 heterocycles. The van der Waals surface area contributed by atoms with Crippen LogP contribution >= 0.6 is 0 Å². The molecule has 0 bridgehead atoms. The van der Waals surface area contributed by atoms with E-state index < -0.39 is 0 Å². The highest BCUT2D eigenvalue weighted by Gasteiger charge is 2.03. The zero-order chi connectivity index (χ0) is 13.9. The van der Waals surface area contributed by atoms with E-state index in [1.807, 2.05) is 12.1 Å². The van der Waals surface area contributed by atoms with Gasteiger partial charge in [-0.1, -0.05) is 25.0 Å². The number of hydrogen-bond donors (Lipinski definition) is 2. The van der Waals surface area contributed by atoms with Crippen molar-refractivity contribution in [3.8, 4) is 5.75 Å². The van der Waals surface area contributed by atoms with Gasteiger partial charge in [-0.05, 0) is 50.4 Å². The first-order valence-corrected chi connectivity index (χ1v) is 7.23. The molecule has 3 heteroatoms. The van der Waals surface area contributed by atoms with Gasteiger partial charge in [0.05, 0.1) is 7.11 Å². The van der Waals surface area contributed by atoms with Crippen LogP contribution in [-0.4, -0.2) is 31.4 Å². The van der Waals surface area contributed by atoms with Gasteiger partial charge in [-0.15, -0.1) is 0 Å². The normalized spacial score (nSPS) is 12.4. The van der Waals surface area contributed by atoms with Crippen LogP contribution < -0.4 is 10.1 Å². The molecule has 1 aromatic carbocycles. The van der Waals surface area contributed by atoms with Gasteiger partial charge in [-0.25, -0.2) is 0 Å². The quantitative estimate of drug-likeness (QED) is 0.639. The molecule has 0 aliphatic heterocycles. The molecule has 1 rings (SSSR count). The fourth-order valence-corrected chi connectivity index (χ4v) is 2.13. The molecule has 0 aliphatic rings. The molecule has 0 saturated carbocycles. The van der Waals surface area contributed by atoms with E-state index >= 15 is 0 Å². The van der Waals surface area contributed by atoms with Crippen LogP contribution in [0.1, 0.15) is 38.2 Å². The molecule has 108 valence electrons. The molecule has 1 atom stereocenters. The van der Waals surface area contributed by atoms with Crippen LogP contribution in [0.4, 0.5) is 0 Å². The van der Waals surface area contributed by atoms with Gasteiger partial charge in [0.25, 0.3) is 0 Å². The van der Waals surface area contributed by atoms with E-state index in [9.17, 15) is 0 Å². The van der Waals surface area contributed by atoms with E-state index in [1.54, 1.807) is 7.11 Å². The van der Waals surface area contributed by atoms with Crippen LogP contribution in [0.3, 0.4) is 0 Å². The maximum atomic E-state index is 8.69. The largest absolute Gasteiger partial charge is 0.497 e. The van der Waals surface area contributed by atoms with Crippen LogP contribution in [0.15, 0.2) is 24.3 Å². The van der Waals surface area contributed by atoms with Crippen molar-refractivity contribution in [2.24, 2.45) is 0 Å². The van der Waals surface area contributed by atoms with Gasteiger partial charge in [0.1, 0.15) is 5.75 Å². The number of nitrogens with one attached hydrogen (secondary N) is 1. The average molecular weight is 265 g/mol. The molecule has 3 nitrogen and oxygen atoms in total. The van der Waals surface area contributed by atoms with E-state index in [0.717, 1.165) is 31.6 Å². The summed E-state index contributed by atoms with van der Waals surface area (Å²) >= 11 is 0. The number of hydrogen-bond acceptors (Lipinski definition) is 3. The van der Waals surface area contributed by atoms with Crippen molar-refractivity contribution in [1.82, 2.24) is 5.32 Å². The summed E-state index contributed by atoms with van der Waals surface area (Å²) in [6.45, 7) is 3.60. The Labute approximate surface area is 117 Å². The fraction of sp³-hybridized carbons (Fsp3) is 0.625. The molecule has 19 heavy (non-hydrogen) atoms. The van der Waals surface area contributed by atoms with Crippen LogP contribution in [0, 0.1) is 0 Å². The summed E-state index contributed by atoms with van der Waals surface area (Å²) in [6.07, 6.45) is 5.49. The van der Waals surface area contributed by atoms with Gasteiger partial charge in [0, 0.05) is 12.6 Å². The molecule has 2 N–H and O–H groups in total. The number of rotatable bonds is 10. The lowest BCUT2D eigenvalue weighted by Crippen LogP contribution is -2.28. The predicted octanol–water partition coefficient (Wildman–Crippen LogP) is 2.77. The lowest BCUT2D eigenvalue weighted by molar-refractivity contribution is 0.282. The van der Waals surface area contributed by atoms with Crippen molar-refractivity contribution in [3.63, 3.8) is 0 Å². The lowest BCUT2D eigenvalue weighted by atomic mass is 10.1. The standard InChI is InChI=1S/C16H27NO2/c1-14(17-11-5-3-4-6-12-18)13-15-7-9-16(19-2)10-8-15/h7-10,14,17-18H,3-6,11-13H2,1-2H3. The van der Waals surface area contributed by atoms with Gasteiger partial charge < -0.3 is 15.2 Å². The Morgan fingerprint density at radius 2 is 1.79 bits per heavy atom. The Hall–Kier alpha value is -1.06. The number of aliphatic hydroxyl groups is 1. The van der Waals surface area contributed by atoms with E-state index in [2.05, 4.69) is 24.4 Å². The van der Waals surface area contributed by atoms with Crippen molar-refractivity contribution >= 4 is 0 Å². The van der Waals surface area contributed by atoms with Gasteiger partial charge >= 0.3 is 0 Å². The van der Waals surface area contributed by atoms with Gasteiger partial charge in [-0.2, -0.15) is 0 Å². The molecule has 0 aromatic heterocycles. The van der Waals surface area contributed by atoms with Crippen LogP contribution in [0.2, 0.25) is 0 Å². The van der Waals surface area contributed by atoms with Crippen molar-refractivity contribution < 1.29 is 9.84 Å². The summed E-state index contributed by atoms with van der Waals surface area (Å²) in [4.78, 5) is 0. The Morgan fingerprint density at radius 1 is 1.11 bits per heavy atom. The molecular formula is C16H27NO2. The third-order valence-electron chi connectivity index (χ3n) is 3.28. The average Bonchev–Trinajstić information content (AvgIpc) is 2.43. The maximum Gasteiger partial charge on any atom is 0.118 e. The highest BCUT2D eigenvalue weighted by atomic mass is 16.5. The zero-order valence-electron chi connectivity index (χ0n) is 12.2. The summed E-state index contributed by atoms with van der Waals surface area (Å²) in [5.41, 5.74) is 1.33. The molecular weight excluding hydrogens is 238 g/mol. The van der Waals surface area contributed by atoms with Crippen molar-refractivity contribution in [1.29, 1.82) is 0 Å². The smallest absolute Gasteiger partial charge is 0.118 e. The highest BCUT2D eigenvalue weighted by Crippen LogP contribution is 2.12. The molecule has 0 aliphatic carbocycles. The number of ether oxygens (including phenoxy) is 1. The van der Waals surface area contributed by atoms with Crippen LogP contribution in [0.5, 0.6) is 5.75 Å². The Morgan fingerprint density at radius 3 is 2.42 bits per heavy atom. The van der Waals surface area contributed by atoms with E-state index in [1.165, 1.54) is 18.4 Å². The minimum atomic E-state index is 0.321. The van der Waals surface area contributed by atoms with E-state index in [0.29, 0.717) is 12.6 Å². The Bertz CT molecular complexity index is 324. The maximum absolute atomic E-state index is 8.69. The first kappa shape index (κ1) is 16.0. The lowest BCUT2D eigenvalue weighted by Gasteiger charge is -2.14. The van der Waals surface area contributed by atoms with Crippen molar-refractivity contribution in [2.75, 3.05) is 20.3 Å². The fourth-order valence-electron chi connectivity index (χ4n) is 2.13. The first-order valence-electron chi connectivity index (χ1n) is 7.23. The van der Waals surface area contributed by atoms with Crippen molar-refractivity contribution in [2.45, 2.75) is 45.1 Å². The van der Waals surface area contributed by atoms with Crippen molar-refractivity contribution in [3.05, 3.63) is 29.8 Å². The monoisotopic (exact) mass is 265 g/mol. The molecule has 0 radical (unpaired) electrons. The highest BCUT2D eigenvalue weighted by molar-refractivity contribution is 5.27. The number of methoxy groups -OCH3 is 1. The van der Waals surface area contributed by atoms with Crippen LogP contribution in [-0.2, 0) is 6.42 Å². The van der Waals surface area contributed by atoms with E-state index in [4.69, 9.17) is 9.84 Å². The molecule has 0 amide bonds. The Kier molecular flexibility index (Phi) is 8.26. The SMILES string of the molecule is COc1ccc(CC(C)NCCCCCCO)cc1. The molecule has 0 fully saturated rings. The minimum absolute atomic E-state index is 0.321. The second-order valence-electron chi connectivity index (χ2n) is 5.05. The summed E-state index contributed by atoms with van der Waals surface area (Å²) in [6, 6.07) is 8.76. The second kappa shape index (κ2) is 9.82. The number of aliphatic hydroxyl groups excluding tert-OH is 1. The van der Waals surface area contributed by atoms with Gasteiger partial charge in [-0.3, -0.25) is 0 Å². The predicted molar refractivity (Wildman–Crippen MR) is 79.7 cm³/mol. The Balaban J connectivity index is 2.14. The second-order valence-corrected chi connectivity index (χ2v) is 5.05. The molecule has 0 spiro atoms. The third-order valence-corrected chi connectivity index (χ3v) is 3.28. The van der Waals surface area contributed by atoms with Gasteiger partial charge in [0.15, 0.2) is 0 Å². The summed E-state index contributed by atoms with van der Waals surface area (Å²) in [7, 11) is 1.69. The summed E-state index contributed by atoms with van der Waals surface area (Å²) < 4.78 is 5.15. The summed E-state index contributed by atoms with van der Waals surface area (Å²) in [5, 5.41) is 12.2. The topological polar surface area (TPSA) is 41.5 Å². The molecule has 1 unspecified atom stereocenters. The number of benzene rings is 1. The minimum Gasteiger partial charge on any atom is -0.497 e.